The first-order chi connectivity index (χ1) is 5.95. The molecular weight excluding hydrogens is 152 g/mol. The van der Waals surface area contributed by atoms with Crippen LogP contribution in [-0.2, 0) is 13.1 Å². The lowest BCUT2D eigenvalue weighted by Crippen LogP contribution is -2.28. The molecule has 1 aliphatic rings. The molecule has 0 saturated heterocycles. The average molecular weight is 162 g/mol. The summed E-state index contributed by atoms with van der Waals surface area (Å²) in [5.74, 6) is 1.14. The highest BCUT2D eigenvalue weighted by atomic mass is 15.2. The molecule has 0 aromatic carbocycles. The number of aromatic amines is 1. The maximum atomic E-state index is 4.46. The summed E-state index contributed by atoms with van der Waals surface area (Å²) in [5, 5.41) is 3.29. The molecule has 0 spiro atoms. The number of nitrogens with one attached hydrogen (secondary N) is 2. The Labute approximate surface area is 69.6 Å². The van der Waals surface area contributed by atoms with E-state index >= 15 is 0 Å². The molecule has 4 nitrogen and oxygen atoms in total. The van der Waals surface area contributed by atoms with Crippen molar-refractivity contribution in [2.24, 2.45) is 0 Å². The fourth-order valence-corrected chi connectivity index (χ4v) is 1.76. The quantitative estimate of drug-likeness (QED) is 0.591. The summed E-state index contributed by atoms with van der Waals surface area (Å²) in [6, 6.07) is 2.08. The first-order valence-electron chi connectivity index (χ1n) is 4.18. The van der Waals surface area contributed by atoms with E-state index in [2.05, 4.69) is 25.9 Å². The smallest absolute Gasteiger partial charge is 0.156 e. The number of aromatic nitrogens is 3. The van der Waals surface area contributed by atoms with E-state index in [0.717, 1.165) is 31.1 Å². The van der Waals surface area contributed by atoms with Gasteiger partial charge in [0.2, 0.25) is 0 Å². The van der Waals surface area contributed by atoms with Gasteiger partial charge in [-0.3, -0.25) is 0 Å². The van der Waals surface area contributed by atoms with Crippen LogP contribution < -0.4 is 5.32 Å². The van der Waals surface area contributed by atoms with Gasteiger partial charge in [0.1, 0.15) is 5.82 Å². The van der Waals surface area contributed by atoms with Crippen molar-refractivity contribution >= 4 is 11.2 Å². The molecule has 3 heterocycles. The fraction of sp³-hybridized carbons (Fsp3) is 0.375. The molecule has 2 aromatic rings. The van der Waals surface area contributed by atoms with Crippen molar-refractivity contribution in [3.05, 3.63) is 18.1 Å². The second-order valence-electron chi connectivity index (χ2n) is 3.07. The molecule has 0 radical (unpaired) electrons. The van der Waals surface area contributed by atoms with Crippen molar-refractivity contribution in [3.8, 4) is 0 Å². The predicted octanol–water partition coefficient (Wildman–Crippen LogP) is 0.468. The van der Waals surface area contributed by atoms with Gasteiger partial charge in [-0.05, 0) is 6.07 Å². The number of rotatable bonds is 0. The van der Waals surface area contributed by atoms with Gasteiger partial charge in [-0.2, -0.15) is 0 Å². The molecule has 0 atom stereocenters. The number of hydrogen-bond donors (Lipinski definition) is 2. The summed E-state index contributed by atoms with van der Waals surface area (Å²) >= 11 is 0. The number of H-pyrrole nitrogens is 1. The fourth-order valence-electron chi connectivity index (χ4n) is 1.76. The van der Waals surface area contributed by atoms with E-state index in [0.29, 0.717) is 0 Å². The molecule has 0 amide bonds. The van der Waals surface area contributed by atoms with Gasteiger partial charge in [-0.25, -0.2) is 4.98 Å². The van der Waals surface area contributed by atoms with E-state index < -0.39 is 0 Å². The van der Waals surface area contributed by atoms with Gasteiger partial charge in [-0.1, -0.05) is 0 Å². The van der Waals surface area contributed by atoms with Crippen molar-refractivity contribution in [2.45, 2.75) is 13.1 Å². The number of nitrogens with zero attached hydrogens (tertiary/aromatic N) is 2. The molecule has 0 fully saturated rings. The Kier molecular flexibility index (Phi) is 1.10. The van der Waals surface area contributed by atoms with Crippen LogP contribution in [0.1, 0.15) is 5.82 Å². The van der Waals surface area contributed by atoms with Crippen LogP contribution in [-0.4, -0.2) is 21.1 Å². The van der Waals surface area contributed by atoms with Crippen LogP contribution in [0.15, 0.2) is 12.3 Å². The minimum absolute atomic E-state index is 0.891. The molecule has 0 bridgehead atoms. The third kappa shape index (κ3) is 0.674. The molecule has 1 aliphatic heterocycles. The Morgan fingerprint density at radius 3 is 3.50 bits per heavy atom. The molecule has 0 unspecified atom stereocenters. The summed E-state index contributed by atoms with van der Waals surface area (Å²) < 4.78 is 2.27. The molecule has 4 heteroatoms. The van der Waals surface area contributed by atoms with Crippen molar-refractivity contribution < 1.29 is 0 Å². The molecule has 2 N–H and O–H groups in total. The normalized spacial score (nSPS) is 16.7. The Morgan fingerprint density at radius 2 is 2.50 bits per heavy atom. The van der Waals surface area contributed by atoms with Gasteiger partial charge in [0.05, 0.1) is 12.1 Å². The molecule has 0 aliphatic carbocycles. The Hall–Kier alpha value is -1.29. The van der Waals surface area contributed by atoms with E-state index in [4.69, 9.17) is 0 Å². The molecule has 2 aromatic heterocycles. The summed E-state index contributed by atoms with van der Waals surface area (Å²) in [6.07, 6.45) is 1.94. The van der Waals surface area contributed by atoms with Gasteiger partial charge < -0.3 is 14.9 Å². The molecule has 62 valence electrons. The number of fused-ring (bicyclic) bond motifs is 3. The summed E-state index contributed by atoms with van der Waals surface area (Å²) in [5.41, 5.74) is 2.24. The van der Waals surface area contributed by atoms with Crippen LogP contribution in [0.2, 0.25) is 0 Å². The summed E-state index contributed by atoms with van der Waals surface area (Å²) in [6.45, 7) is 2.97. The van der Waals surface area contributed by atoms with Crippen molar-refractivity contribution in [1.82, 2.24) is 19.9 Å². The van der Waals surface area contributed by atoms with Gasteiger partial charge in [0.25, 0.3) is 0 Å². The standard InChI is InChI=1S/C8H10N4/c1-2-10-8-6(1)12-4-3-9-5-7(12)11-8/h1-2,9-10H,3-5H2. The molecule has 0 saturated carbocycles. The van der Waals surface area contributed by atoms with Crippen molar-refractivity contribution in [3.63, 3.8) is 0 Å². The Balaban J connectivity index is 2.34. The molecular formula is C8H10N4. The number of hydrogen-bond acceptors (Lipinski definition) is 2. The maximum Gasteiger partial charge on any atom is 0.156 e. The topological polar surface area (TPSA) is 45.6 Å². The average Bonchev–Trinajstić information content (AvgIpc) is 2.62. The van der Waals surface area contributed by atoms with Crippen LogP contribution in [0.5, 0.6) is 0 Å². The second-order valence-corrected chi connectivity index (χ2v) is 3.07. The zero-order valence-corrected chi connectivity index (χ0v) is 6.67. The molecule has 3 rings (SSSR count). The highest BCUT2D eigenvalue weighted by Gasteiger charge is 2.13. The Morgan fingerprint density at radius 1 is 1.50 bits per heavy atom. The van der Waals surface area contributed by atoms with Gasteiger partial charge in [-0.15, -0.1) is 0 Å². The lowest BCUT2D eigenvalue weighted by molar-refractivity contribution is 0.514. The third-order valence-corrected chi connectivity index (χ3v) is 2.34. The maximum absolute atomic E-state index is 4.46. The minimum Gasteiger partial charge on any atom is -0.345 e. The van der Waals surface area contributed by atoms with Crippen LogP contribution in [0.4, 0.5) is 0 Å². The monoisotopic (exact) mass is 162 g/mol. The second kappa shape index (κ2) is 2.10. The minimum atomic E-state index is 0.891. The van der Waals surface area contributed by atoms with Crippen LogP contribution in [0.25, 0.3) is 11.2 Å². The van der Waals surface area contributed by atoms with E-state index in [1.54, 1.807) is 0 Å². The van der Waals surface area contributed by atoms with Gasteiger partial charge >= 0.3 is 0 Å². The first-order valence-corrected chi connectivity index (χ1v) is 4.18. The van der Waals surface area contributed by atoms with Crippen LogP contribution in [0, 0.1) is 0 Å². The van der Waals surface area contributed by atoms with Crippen LogP contribution in [0.3, 0.4) is 0 Å². The molecule has 12 heavy (non-hydrogen) atoms. The largest absolute Gasteiger partial charge is 0.345 e. The summed E-state index contributed by atoms with van der Waals surface area (Å²) in [7, 11) is 0. The van der Waals surface area contributed by atoms with E-state index in [1.165, 1.54) is 5.52 Å². The summed E-state index contributed by atoms with van der Waals surface area (Å²) in [4.78, 5) is 7.58. The Bertz CT molecular complexity index is 412. The lowest BCUT2D eigenvalue weighted by Gasteiger charge is -2.14. The van der Waals surface area contributed by atoms with Gasteiger partial charge in [0.15, 0.2) is 5.65 Å². The third-order valence-electron chi connectivity index (χ3n) is 2.34. The highest BCUT2D eigenvalue weighted by Crippen LogP contribution is 2.15. The number of imidazole rings is 1. The predicted molar refractivity (Wildman–Crippen MR) is 45.8 cm³/mol. The zero-order valence-electron chi connectivity index (χ0n) is 6.67. The lowest BCUT2D eigenvalue weighted by atomic mass is 10.4. The van der Waals surface area contributed by atoms with Gasteiger partial charge in [0, 0.05) is 19.3 Å². The van der Waals surface area contributed by atoms with E-state index in [-0.39, 0.29) is 0 Å². The van der Waals surface area contributed by atoms with E-state index in [1.807, 2.05) is 6.20 Å². The van der Waals surface area contributed by atoms with Crippen molar-refractivity contribution in [1.29, 1.82) is 0 Å². The highest BCUT2D eigenvalue weighted by molar-refractivity contribution is 5.72. The van der Waals surface area contributed by atoms with E-state index in [9.17, 15) is 0 Å². The zero-order chi connectivity index (χ0) is 7.97. The van der Waals surface area contributed by atoms with Crippen LogP contribution >= 0.6 is 0 Å². The SMILES string of the molecule is c1cc2c(nc3n2CCNC3)[nH]1. The first kappa shape index (κ1) is 6.25. The van der Waals surface area contributed by atoms with Crippen molar-refractivity contribution in [2.75, 3.05) is 6.54 Å².